The van der Waals surface area contributed by atoms with E-state index in [1.54, 1.807) is 12.1 Å². The van der Waals surface area contributed by atoms with E-state index in [0.29, 0.717) is 23.2 Å². The number of hydrogen-bond donors (Lipinski definition) is 1. The van der Waals surface area contributed by atoms with Crippen LogP contribution in [0.1, 0.15) is 13.3 Å². The molecule has 2 N–H and O–H groups in total. The second kappa shape index (κ2) is 6.38. The third kappa shape index (κ3) is 3.57. The number of hydrogen-bond acceptors (Lipinski definition) is 5. The first-order valence-electron chi connectivity index (χ1n) is 5.87. The van der Waals surface area contributed by atoms with E-state index in [0.717, 1.165) is 11.3 Å². The average Bonchev–Trinajstić information content (AvgIpc) is 2.42. The van der Waals surface area contributed by atoms with Gasteiger partial charge in [-0.1, -0.05) is 18.7 Å². The summed E-state index contributed by atoms with van der Waals surface area (Å²) in [6, 6.07) is 6.14. The summed E-state index contributed by atoms with van der Waals surface area (Å²) in [6.45, 7) is 2.56. The maximum Gasteiger partial charge on any atom is 0.241 e. The van der Waals surface area contributed by atoms with Gasteiger partial charge in [-0.25, -0.2) is 9.37 Å². The summed E-state index contributed by atoms with van der Waals surface area (Å²) in [4.78, 5) is 8.97. The second-order valence-electron chi connectivity index (χ2n) is 3.80. The van der Waals surface area contributed by atoms with Crippen LogP contribution in [-0.4, -0.2) is 16.6 Å². The van der Waals surface area contributed by atoms with E-state index in [1.165, 1.54) is 30.2 Å². The van der Waals surface area contributed by atoms with Gasteiger partial charge in [0.05, 0.1) is 6.61 Å². The van der Waals surface area contributed by atoms with Crippen molar-refractivity contribution in [2.45, 2.75) is 23.3 Å². The van der Waals surface area contributed by atoms with Crippen LogP contribution in [0.5, 0.6) is 5.88 Å². The van der Waals surface area contributed by atoms with Crippen LogP contribution in [0.2, 0.25) is 0 Å². The molecule has 1 aromatic heterocycles. The van der Waals surface area contributed by atoms with Gasteiger partial charge >= 0.3 is 0 Å². The van der Waals surface area contributed by atoms with Crippen molar-refractivity contribution in [3.63, 3.8) is 0 Å². The molecule has 0 radical (unpaired) electrons. The Hall–Kier alpha value is -1.82. The van der Waals surface area contributed by atoms with E-state index in [-0.39, 0.29) is 5.82 Å². The molecule has 19 heavy (non-hydrogen) atoms. The van der Waals surface area contributed by atoms with E-state index >= 15 is 0 Å². The highest BCUT2D eigenvalue weighted by molar-refractivity contribution is 7.99. The molecule has 0 saturated heterocycles. The van der Waals surface area contributed by atoms with Gasteiger partial charge in [-0.2, -0.15) is 4.98 Å². The van der Waals surface area contributed by atoms with Gasteiger partial charge in [0.25, 0.3) is 0 Å². The Bertz CT molecular complexity index is 548. The number of anilines is 1. The molecule has 0 fully saturated rings. The molecule has 0 amide bonds. The van der Waals surface area contributed by atoms with Gasteiger partial charge in [-0.05, 0) is 30.7 Å². The van der Waals surface area contributed by atoms with Crippen LogP contribution >= 0.6 is 11.8 Å². The largest absolute Gasteiger partial charge is 0.476 e. The number of rotatable bonds is 5. The van der Waals surface area contributed by atoms with Gasteiger partial charge in [0.2, 0.25) is 5.88 Å². The number of ether oxygens (including phenoxy) is 1. The minimum atomic E-state index is -0.271. The lowest BCUT2D eigenvalue weighted by Crippen LogP contribution is -2.03. The van der Waals surface area contributed by atoms with Crippen LogP contribution in [0.4, 0.5) is 10.1 Å². The van der Waals surface area contributed by atoms with Crippen LogP contribution in [0, 0.1) is 5.82 Å². The molecule has 4 nitrogen and oxygen atoms in total. The lowest BCUT2D eigenvalue weighted by atomic mass is 10.4. The Labute approximate surface area is 115 Å². The number of benzene rings is 1. The number of nitrogen functional groups attached to an aromatic ring is 1. The number of halogens is 1. The third-order valence-corrected chi connectivity index (χ3v) is 3.31. The smallest absolute Gasteiger partial charge is 0.241 e. The van der Waals surface area contributed by atoms with E-state index in [4.69, 9.17) is 10.5 Å². The normalized spacial score (nSPS) is 10.4. The monoisotopic (exact) mass is 279 g/mol. The molecule has 0 bridgehead atoms. The Kier molecular flexibility index (Phi) is 4.57. The molecule has 2 aromatic rings. The Morgan fingerprint density at radius 2 is 2.00 bits per heavy atom. The highest BCUT2D eigenvalue weighted by atomic mass is 32.2. The summed E-state index contributed by atoms with van der Waals surface area (Å²) in [5.74, 6) is 0.119. The number of nitrogens with two attached hydrogens (primary N) is 1. The fourth-order valence-electron chi connectivity index (χ4n) is 1.37. The third-order valence-electron chi connectivity index (χ3n) is 2.28. The molecule has 0 aliphatic heterocycles. The molecule has 0 saturated carbocycles. The van der Waals surface area contributed by atoms with Crippen molar-refractivity contribution in [3.8, 4) is 5.88 Å². The number of nitrogens with zero attached hydrogens (tertiary/aromatic N) is 2. The van der Waals surface area contributed by atoms with Crippen molar-refractivity contribution in [3.05, 3.63) is 36.4 Å². The van der Waals surface area contributed by atoms with Crippen molar-refractivity contribution in [2.75, 3.05) is 12.3 Å². The van der Waals surface area contributed by atoms with Gasteiger partial charge in [-0.15, -0.1) is 0 Å². The van der Waals surface area contributed by atoms with Crippen LogP contribution < -0.4 is 10.5 Å². The minimum absolute atomic E-state index is 0.271. The van der Waals surface area contributed by atoms with E-state index < -0.39 is 0 Å². The zero-order valence-electron chi connectivity index (χ0n) is 10.5. The van der Waals surface area contributed by atoms with Crippen LogP contribution in [0.25, 0.3) is 0 Å². The van der Waals surface area contributed by atoms with Gasteiger partial charge in [0.1, 0.15) is 22.9 Å². The molecule has 0 spiro atoms. The maximum absolute atomic E-state index is 12.8. The molecule has 0 unspecified atom stereocenters. The first kappa shape index (κ1) is 13.6. The zero-order chi connectivity index (χ0) is 13.7. The molecule has 0 aliphatic rings. The van der Waals surface area contributed by atoms with Gasteiger partial charge < -0.3 is 10.5 Å². The quantitative estimate of drug-likeness (QED) is 0.852. The van der Waals surface area contributed by atoms with Gasteiger partial charge in [0.15, 0.2) is 0 Å². The summed E-state index contributed by atoms with van der Waals surface area (Å²) >= 11 is 1.35. The molecule has 100 valence electrons. The van der Waals surface area contributed by atoms with E-state index in [9.17, 15) is 4.39 Å². The fourth-order valence-corrected chi connectivity index (χ4v) is 2.17. The predicted molar refractivity (Wildman–Crippen MR) is 72.8 cm³/mol. The fraction of sp³-hybridized carbons (Fsp3) is 0.231. The summed E-state index contributed by atoms with van der Waals surface area (Å²) in [6.07, 6.45) is 2.29. The summed E-state index contributed by atoms with van der Waals surface area (Å²) < 4.78 is 18.3. The molecular formula is C13H14FN3OS. The zero-order valence-corrected chi connectivity index (χ0v) is 11.3. The van der Waals surface area contributed by atoms with Crippen molar-refractivity contribution in [2.24, 2.45) is 0 Å². The van der Waals surface area contributed by atoms with Crippen molar-refractivity contribution >= 4 is 17.4 Å². The average molecular weight is 279 g/mol. The summed E-state index contributed by atoms with van der Waals surface area (Å²) in [5, 5.41) is 0.604. The van der Waals surface area contributed by atoms with Crippen LogP contribution in [-0.2, 0) is 0 Å². The maximum atomic E-state index is 12.8. The lowest BCUT2D eigenvalue weighted by Gasteiger charge is -2.09. The first-order valence-corrected chi connectivity index (χ1v) is 6.69. The topological polar surface area (TPSA) is 61.0 Å². The Balaban J connectivity index is 2.18. The van der Waals surface area contributed by atoms with Gasteiger partial charge in [-0.3, -0.25) is 0 Å². The molecule has 1 aromatic carbocycles. The summed E-state index contributed by atoms with van der Waals surface area (Å²) in [7, 11) is 0. The standard InChI is InChI=1S/C13H14FN3OS/c1-2-7-18-12-11(15)13(17-8-16-12)19-10-5-3-9(14)4-6-10/h3-6,8H,2,7,15H2,1H3. The second-order valence-corrected chi connectivity index (χ2v) is 4.86. The molecular weight excluding hydrogens is 265 g/mol. The van der Waals surface area contributed by atoms with Crippen molar-refractivity contribution in [1.82, 2.24) is 9.97 Å². The molecule has 2 rings (SSSR count). The highest BCUT2D eigenvalue weighted by Gasteiger charge is 2.10. The Morgan fingerprint density at radius 1 is 1.26 bits per heavy atom. The lowest BCUT2D eigenvalue weighted by molar-refractivity contribution is 0.305. The first-order chi connectivity index (χ1) is 9.20. The van der Waals surface area contributed by atoms with E-state index in [1.807, 2.05) is 6.92 Å². The van der Waals surface area contributed by atoms with Crippen LogP contribution in [0.15, 0.2) is 40.5 Å². The van der Waals surface area contributed by atoms with Gasteiger partial charge in [0, 0.05) is 4.90 Å². The SMILES string of the molecule is CCCOc1ncnc(Sc2ccc(F)cc2)c1N. The molecule has 6 heteroatoms. The van der Waals surface area contributed by atoms with Crippen molar-refractivity contribution in [1.29, 1.82) is 0 Å². The minimum Gasteiger partial charge on any atom is -0.476 e. The molecule has 1 heterocycles. The predicted octanol–water partition coefficient (Wildman–Crippen LogP) is 3.14. The van der Waals surface area contributed by atoms with E-state index in [2.05, 4.69) is 9.97 Å². The Morgan fingerprint density at radius 3 is 2.68 bits per heavy atom. The number of aromatic nitrogens is 2. The molecule has 0 atom stereocenters. The van der Waals surface area contributed by atoms with Crippen molar-refractivity contribution < 1.29 is 9.13 Å². The highest BCUT2D eigenvalue weighted by Crippen LogP contribution is 2.33. The van der Waals surface area contributed by atoms with Crippen LogP contribution in [0.3, 0.4) is 0 Å². The summed E-state index contributed by atoms with van der Waals surface area (Å²) in [5.41, 5.74) is 6.36. The molecule has 0 aliphatic carbocycles.